The van der Waals surface area contributed by atoms with Gasteiger partial charge in [-0.2, -0.15) is 5.10 Å². The molecule has 0 bridgehead atoms. The quantitative estimate of drug-likeness (QED) is 0.533. The first-order valence-corrected chi connectivity index (χ1v) is 9.50. The van der Waals surface area contributed by atoms with Crippen molar-refractivity contribution < 1.29 is 4.79 Å². The molecular weight excluding hydrogens is 360 g/mol. The summed E-state index contributed by atoms with van der Waals surface area (Å²) in [5, 5.41) is 7.67. The number of nitrogens with one attached hydrogen (secondary N) is 1. The molecule has 1 amide bonds. The summed E-state index contributed by atoms with van der Waals surface area (Å²) in [5.74, 6) is -0.154. The number of nitrogens with zero attached hydrogens (tertiary/aromatic N) is 3. The van der Waals surface area contributed by atoms with E-state index in [4.69, 9.17) is 0 Å². The van der Waals surface area contributed by atoms with Crippen LogP contribution in [0.2, 0.25) is 0 Å². The van der Waals surface area contributed by atoms with E-state index >= 15 is 0 Å². The van der Waals surface area contributed by atoms with Gasteiger partial charge in [-0.15, -0.1) is 0 Å². The van der Waals surface area contributed by atoms with E-state index in [-0.39, 0.29) is 5.91 Å². The van der Waals surface area contributed by atoms with Crippen LogP contribution in [-0.4, -0.2) is 20.7 Å². The van der Waals surface area contributed by atoms with Crippen molar-refractivity contribution in [3.05, 3.63) is 95.4 Å². The van der Waals surface area contributed by atoms with Gasteiger partial charge < -0.3 is 5.32 Å². The lowest BCUT2D eigenvalue weighted by Gasteiger charge is -2.12. The van der Waals surface area contributed by atoms with Crippen LogP contribution in [0.25, 0.3) is 16.9 Å². The van der Waals surface area contributed by atoms with Crippen molar-refractivity contribution in [2.75, 3.05) is 5.32 Å². The molecule has 0 fully saturated rings. The predicted molar refractivity (Wildman–Crippen MR) is 115 cm³/mol. The first-order chi connectivity index (χ1) is 14.1. The monoisotopic (exact) mass is 382 g/mol. The SMILES string of the molecule is Cc1nn(-c2ccccc2)c(C)c1NC(=O)c1cccc(-c2ccccn2)c1C. The Morgan fingerprint density at radius 1 is 0.897 bits per heavy atom. The summed E-state index contributed by atoms with van der Waals surface area (Å²) in [4.78, 5) is 17.5. The lowest BCUT2D eigenvalue weighted by Crippen LogP contribution is -2.15. The van der Waals surface area contributed by atoms with E-state index < -0.39 is 0 Å². The van der Waals surface area contributed by atoms with Crippen molar-refractivity contribution in [1.29, 1.82) is 0 Å². The third kappa shape index (κ3) is 3.55. The van der Waals surface area contributed by atoms with Crippen LogP contribution in [0.4, 0.5) is 5.69 Å². The fourth-order valence-corrected chi connectivity index (χ4v) is 3.51. The molecular formula is C24H22N4O. The molecule has 2 heterocycles. The number of hydrogen-bond acceptors (Lipinski definition) is 3. The van der Waals surface area contributed by atoms with Crippen molar-refractivity contribution in [1.82, 2.24) is 14.8 Å². The molecule has 4 rings (SSSR count). The highest BCUT2D eigenvalue weighted by molar-refractivity contribution is 6.06. The number of aryl methyl sites for hydroxylation is 1. The number of para-hydroxylation sites is 1. The summed E-state index contributed by atoms with van der Waals surface area (Å²) < 4.78 is 1.85. The highest BCUT2D eigenvalue weighted by Crippen LogP contribution is 2.27. The first kappa shape index (κ1) is 18.6. The maximum absolute atomic E-state index is 13.1. The van der Waals surface area contributed by atoms with Gasteiger partial charge in [0.2, 0.25) is 0 Å². The zero-order valence-corrected chi connectivity index (χ0v) is 16.7. The largest absolute Gasteiger partial charge is 0.319 e. The highest BCUT2D eigenvalue weighted by atomic mass is 16.1. The molecule has 0 aliphatic carbocycles. The van der Waals surface area contributed by atoms with Gasteiger partial charge in [-0.05, 0) is 56.7 Å². The van der Waals surface area contributed by atoms with Crippen LogP contribution in [-0.2, 0) is 0 Å². The smallest absolute Gasteiger partial charge is 0.256 e. The molecule has 0 saturated heterocycles. The maximum atomic E-state index is 13.1. The predicted octanol–water partition coefficient (Wildman–Crippen LogP) is 5.11. The molecule has 1 N–H and O–H groups in total. The average Bonchev–Trinajstić information content (AvgIpc) is 3.03. The fourth-order valence-electron chi connectivity index (χ4n) is 3.51. The molecule has 5 nitrogen and oxygen atoms in total. The van der Waals surface area contributed by atoms with Crippen molar-refractivity contribution >= 4 is 11.6 Å². The van der Waals surface area contributed by atoms with Gasteiger partial charge in [0, 0.05) is 17.3 Å². The van der Waals surface area contributed by atoms with E-state index in [1.165, 1.54) is 0 Å². The Balaban J connectivity index is 1.67. The van der Waals surface area contributed by atoms with Crippen LogP contribution in [0.5, 0.6) is 0 Å². The molecule has 0 aliphatic rings. The second kappa shape index (κ2) is 7.72. The van der Waals surface area contributed by atoms with E-state index in [9.17, 15) is 4.79 Å². The summed E-state index contributed by atoms with van der Waals surface area (Å²) in [6.45, 7) is 5.81. The van der Waals surface area contributed by atoms with E-state index in [0.29, 0.717) is 5.56 Å². The molecule has 0 atom stereocenters. The van der Waals surface area contributed by atoms with Crippen molar-refractivity contribution in [3.63, 3.8) is 0 Å². The van der Waals surface area contributed by atoms with Gasteiger partial charge in [0.25, 0.3) is 5.91 Å². The number of anilines is 1. The molecule has 4 aromatic rings. The van der Waals surface area contributed by atoms with Crippen LogP contribution >= 0.6 is 0 Å². The maximum Gasteiger partial charge on any atom is 0.256 e. The minimum absolute atomic E-state index is 0.154. The number of pyridine rings is 1. The normalized spacial score (nSPS) is 10.7. The number of benzene rings is 2. The molecule has 2 aromatic carbocycles. The number of aromatic nitrogens is 3. The topological polar surface area (TPSA) is 59.8 Å². The van der Waals surface area contributed by atoms with Gasteiger partial charge in [-0.1, -0.05) is 36.4 Å². The Morgan fingerprint density at radius 3 is 2.38 bits per heavy atom. The molecule has 0 aliphatic heterocycles. The second-order valence-electron chi connectivity index (χ2n) is 6.94. The molecule has 0 radical (unpaired) electrons. The number of carbonyl (C=O) groups excluding carboxylic acids is 1. The van der Waals surface area contributed by atoms with Crippen molar-refractivity contribution in [3.8, 4) is 16.9 Å². The van der Waals surface area contributed by atoms with E-state index in [2.05, 4.69) is 15.4 Å². The Kier molecular flexibility index (Phi) is 4.96. The third-order valence-electron chi connectivity index (χ3n) is 5.05. The minimum atomic E-state index is -0.154. The van der Waals surface area contributed by atoms with Crippen LogP contribution in [0.1, 0.15) is 27.3 Å². The third-order valence-corrected chi connectivity index (χ3v) is 5.05. The average molecular weight is 382 g/mol. The Morgan fingerprint density at radius 2 is 1.66 bits per heavy atom. The van der Waals surface area contributed by atoms with Gasteiger partial charge in [-0.25, -0.2) is 4.68 Å². The number of carbonyl (C=O) groups is 1. The zero-order chi connectivity index (χ0) is 20.4. The fraction of sp³-hybridized carbons (Fsp3) is 0.125. The lowest BCUT2D eigenvalue weighted by molar-refractivity contribution is 0.102. The highest BCUT2D eigenvalue weighted by Gasteiger charge is 2.18. The van der Waals surface area contributed by atoms with E-state index in [1.807, 2.05) is 92.2 Å². The van der Waals surface area contributed by atoms with Gasteiger partial charge >= 0.3 is 0 Å². The van der Waals surface area contributed by atoms with Crippen LogP contribution in [0, 0.1) is 20.8 Å². The minimum Gasteiger partial charge on any atom is -0.319 e. The van der Waals surface area contributed by atoms with Crippen LogP contribution in [0.3, 0.4) is 0 Å². The second-order valence-corrected chi connectivity index (χ2v) is 6.94. The van der Waals surface area contributed by atoms with Gasteiger partial charge in [0.15, 0.2) is 0 Å². The summed E-state index contributed by atoms with van der Waals surface area (Å²) >= 11 is 0. The number of rotatable bonds is 4. The number of hydrogen-bond donors (Lipinski definition) is 1. The van der Waals surface area contributed by atoms with Crippen molar-refractivity contribution in [2.24, 2.45) is 0 Å². The molecule has 2 aromatic heterocycles. The van der Waals surface area contributed by atoms with E-state index in [0.717, 1.165) is 39.6 Å². The standard InChI is InChI=1S/C24H22N4O/c1-16-20(22-14-7-8-15-25-22)12-9-13-21(16)24(29)26-23-17(2)27-28(18(23)3)19-10-5-4-6-11-19/h4-15H,1-3H3,(H,26,29). The molecule has 144 valence electrons. The van der Waals surface area contributed by atoms with Gasteiger partial charge in [-0.3, -0.25) is 9.78 Å². The van der Waals surface area contributed by atoms with Crippen LogP contribution < -0.4 is 5.32 Å². The summed E-state index contributed by atoms with van der Waals surface area (Å²) in [6, 6.07) is 21.4. The molecule has 0 saturated carbocycles. The molecule has 29 heavy (non-hydrogen) atoms. The molecule has 0 spiro atoms. The van der Waals surface area contributed by atoms with Gasteiger partial charge in [0.1, 0.15) is 0 Å². The first-order valence-electron chi connectivity index (χ1n) is 9.50. The lowest BCUT2D eigenvalue weighted by atomic mass is 9.99. The summed E-state index contributed by atoms with van der Waals surface area (Å²) in [5.41, 5.74) is 6.69. The molecule has 0 unspecified atom stereocenters. The van der Waals surface area contributed by atoms with Crippen molar-refractivity contribution in [2.45, 2.75) is 20.8 Å². The molecule has 5 heteroatoms. The number of amides is 1. The Hall–Kier alpha value is -3.73. The Labute approximate surface area is 170 Å². The Bertz CT molecular complexity index is 1160. The van der Waals surface area contributed by atoms with E-state index in [1.54, 1.807) is 6.20 Å². The zero-order valence-electron chi connectivity index (χ0n) is 16.7. The van der Waals surface area contributed by atoms with Gasteiger partial charge in [0.05, 0.1) is 28.5 Å². The van der Waals surface area contributed by atoms with Crippen LogP contribution in [0.15, 0.2) is 72.9 Å². The summed E-state index contributed by atoms with van der Waals surface area (Å²) in [6.07, 6.45) is 1.76. The summed E-state index contributed by atoms with van der Waals surface area (Å²) in [7, 11) is 0.